The fourth-order valence-corrected chi connectivity index (χ4v) is 2.60. The van der Waals surface area contributed by atoms with Crippen LogP contribution in [0.3, 0.4) is 0 Å². The summed E-state index contributed by atoms with van der Waals surface area (Å²) < 4.78 is 1.02. The first-order valence-corrected chi connectivity index (χ1v) is 4.89. The Kier molecular flexibility index (Phi) is 3.21. The van der Waals surface area contributed by atoms with Gasteiger partial charge >= 0.3 is 97.5 Å². The van der Waals surface area contributed by atoms with Crippen molar-refractivity contribution in [2.45, 2.75) is 0 Å². The Balaban J connectivity index is 0.000000720. The average Bonchev–Trinajstić information content (AvgIpc) is 2.40. The van der Waals surface area contributed by atoms with Gasteiger partial charge in [-0.1, -0.05) is 0 Å². The Morgan fingerprint density at radius 3 is 2.92 bits per heavy atom. The van der Waals surface area contributed by atoms with Crippen molar-refractivity contribution < 1.29 is 39.5 Å². The zero-order chi connectivity index (χ0) is 7.84. The maximum Gasteiger partial charge on any atom is 1.00 e. The van der Waals surface area contributed by atoms with Crippen molar-refractivity contribution in [3.8, 4) is 0 Å². The fraction of sp³-hybridized carbons (Fsp3) is 0. The quantitative estimate of drug-likeness (QED) is 0.524. The van der Waals surface area contributed by atoms with E-state index in [4.69, 9.17) is 0 Å². The van der Waals surface area contributed by atoms with Crippen molar-refractivity contribution in [1.82, 2.24) is 4.98 Å². The van der Waals surface area contributed by atoms with E-state index < -0.39 is 5.97 Å². The third kappa shape index (κ3) is 1.68. The smallest absolute Gasteiger partial charge is 1.00 e. The van der Waals surface area contributed by atoms with Crippen molar-refractivity contribution in [2.24, 2.45) is 0 Å². The second-order valence-corrected chi connectivity index (χ2v) is 4.10. The van der Waals surface area contributed by atoms with E-state index in [0.717, 1.165) is 9.78 Å². The van der Waals surface area contributed by atoms with Crippen LogP contribution in [0, 0.1) is 0 Å². The second kappa shape index (κ2) is 3.81. The van der Waals surface area contributed by atoms with Crippen LogP contribution in [-0.2, 0) is 0 Å². The number of hydrogen-bond acceptors (Lipinski definition) is 2. The summed E-state index contributed by atoms with van der Waals surface area (Å²) in [6, 6.07) is 3.54. The normalized spacial score (nSPS) is 9.67. The van der Waals surface area contributed by atoms with Gasteiger partial charge in [0.2, 0.25) is 0 Å². The molecule has 0 spiro atoms. The number of carboxylic acids is 1. The molecule has 0 bridgehead atoms. The van der Waals surface area contributed by atoms with Gasteiger partial charge in [-0.05, 0) is 0 Å². The summed E-state index contributed by atoms with van der Waals surface area (Å²) >= 11 is 0.281. The number of carbonyl (C=O) groups is 1. The van der Waals surface area contributed by atoms with Crippen LogP contribution in [0.4, 0.5) is 0 Å². The number of fused-ring (bicyclic) bond motifs is 1. The van der Waals surface area contributed by atoms with Gasteiger partial charge in [-0.25, -0.2) is 0 Å². The zero-order valence-corrected chi connectivity index (χ0v) is 10.2. The summed E-state index contributed by atoms with van der Waals surface area (Å²) in [4.78, 5) is 15.2. The van der Waals surface area contributed by atoms with Crippen LogP contribution >= 0.6 is 0 Å². The number of aromatic amines is 1. The van der Waals surface area contributed by atoms with Crippen LogP contribution in [-0.4, -0.2) is 25.5 Å². The summed E-state index contributed by atoms with van der Waals surface area (Å²) in [5, 5.41) is 11.3. The van der Waals surface area contributed by atoms with Crippen LogP contribution < -0.4 is 34.7 Å². The van der Waals surface area contributed by atoms with Gasteiger partial charge in [0.1, 0.15) is 0 Å². The number of hydrogen-bond donors (Lipinski definition) is 1. The van der Waals surface area contributed by atoms with Gasteiger partial charge in [0, 0.05) is 0 Å². The van der Waals surface area contributed by atoms with E-state index in [1.807, 2.05) is 11.0 Å². The van der Waals surface area contributed by atoms with E-state index in [0.29, 0.717) is 0 Å². The monoisotopic (exact) mass is 237 g/mol. The molecular formula is C7H4NNaO2Se. The number of carbonyl (C=O) groups excluding carboxylic acids is 1. The molecule has 0 aromatic carbocycles. The molecule has 3 nitrogen and oxygen atoms in total. The first-order valence-electron chi connectivity index (χ1n) is 3.05. The van der Waals surface area contributed by atoms with E-state index in [-0.39, 0.29) is 49.8 Å². The molecule has 2 aromatic rings. The first-order chi connectivity index (χ1) is 5.27. The number of H-pyrrole nitrogens is 1. The van der Waals surface area contributed by atoms with Crippen LogP contribution in [0.5, 0.6) is 0 Å². The van der Waals surface area contributed by atoms with Crippen LogP contribution in [0.2, 0.25) is 0 Å². The first kappa shape index (κ1) is 10.1. The summed E-state index contributed by atoms with van der Waals surface area (Å²) in [5.41, 5.74) is 0.182. The summed E-state index contributed by atoms with van der Waals surface area (Å²) in [6.07, 6.45) is 0. The third-order valence-electron chi connectivity index (χ3n) is 1.46. The molecule has 0 aliphatic rings. The molecule has 0 fully saturated rings. The maximum atomic E-state index is 10.3. The minimum Gasteiger partial charge on any atom is 1.00 e. The molecule has 0 aliphatic carbocycles. The van der Waals surface area contributed by atoms with Gasteiger partial charge in [0.05, 0.1) is 0 Å². The Labute approximate surface area is 96.8 Å². The molecule has 2 heterocycles. The summed E-state index contributed by atoms with van der Waals surface area (Å²) in [5.74, 6) is -1.14. The molecule has 0 radical (unpaired) electrons. The van der Waals surface area contributed by atoms with E-state index in [1.54, 1.807) is 6.07 Å². The number of aromatic carboxylic acids is 1. The molecule has 5 heteroatoms. The predicted molar refractivity (Wildman–Crippen MR) is 39.6 cm³/mol. The summed E-state index contributed by atoms with van der Waals surface area (Å²) in [6.45, 7) is 0. The van der Waals surface area contributed by atoms with Crippen molar-refractivity contribution in [2.75, 3.05) is 0 Å². The van der Waals surface area contributed by atoms with Crippen LogP contribution in [0.1, 0.15) is 10.5 Å². The minimum absolute atomic E-state index is 0. The molecule has 0 saturated heterocycles. The Morgan fingerprint density at radius 1 is 1.58 bits per heavy atom. The van der Waals surface area contributed by atoms with Crippen molar-refractivity contribution in [1.29, 1.82) is 0 Å². The van der Waals surface area contributed by atoms with Crippen LogP contribution in [0.15, 0.2) is 17.1 Å². The number of aromatic nitrogens is 1. The van der Waals surface area contributed by atoms with E-state index in [9.17, 15) is 9.90 Å². The molecule has 56 valence electrons. The van der Waals surface area contributed by atoms with Gasteiger partial charge < -0.3 is 0 Å². The molecule has 12 heavy (non-hydrogen) atoms. The third-order valence-corrected chi connectivity index (χ3v) is 3.24. The molecule has 0 saturated carbocycles. The fourth-order valence-electron chi connectivity index (χ4n) is 0.958. The van der Waals surface area contributed by atoms with Gasteiger partial charge in [-0.3, -0.25) is 0 Å². The number of rotatable bonds is 1. The molecule has 0 amide bonds. The Hall–Kier alpha value is 0.00948. The number of carboxylic acid groups (broad SMARTS) is 1. The van der Waals surface area contributed by atoms with Gasteiger partial charge in [0.15, 0.2) is 0 Å². The van der Waals surface area contributed by atoms with Crippen LogP contribution in [0.25, 0.3) is 9.78 Å². The predicted octanol–water partition coefficient (Wildman–Crippen LogP) is -3.41. The summed E-state index contributed by atoms with van der Waals surface area (Å²) in [7, 11) is 0. The van der Waals surface area contributed by atoms with E-state index in [1.165, 1.54) is 0 Å². The maximum absolute atomic E-state index is 10.3. The molecule has 2 aromatic heterocycles. The van der Waals surface area contributed by atoms with Gasteiger partial charge in [0.25, 0.3) is 0 Å². The molecule has 0 unspecified atom stereocenters. The van der Waals surface area contributed by atoms with Crippen molar-refractivity contribution >= 4 is 30.2 Å². The SMILES string of the molecule is O=C([O-])c1cc2cc[se]c2[nH]1.[Na+]. The molecule has 0 aliphatic heterocycles. The van der Waals surface area contributed by atoms with Crippen molar-refractivity contribution in [3.05, 3.63) is 22.8 Å². The van der Waals surface area contributed by atoms with Gasteiger partial charge in [-0.15, -0.1) is 0 Å². The average molecular weight is 236 g/mol. The molecule has 2 rings (SSSR count). The standard InChI is InChI=1S/C7H5NO2Se.Na/c9-7(10)5-3-4-1-2-11-6(4)8-5;/h1-3,8H,(H,9,10);/q;+1/p-1. The topological polar surface area (TPSA) is 55.9 Å². The number of nitrogens with one attached hydrogen (secondary N) is 1. The second-order valence-electron chi connectivity index (χ2n) is 2.18. The van der Waals surface area contributed by atoms with E-state index in [2.05, 4.69) is 4.98 Å². The molecule has 1 N–H and O–H groups in total. The molecule has 0 atom stereocenters. The van der Waals surface area contributed by atoms with Crippen molar-refractivity contribution in [3.63, 3.8) is 0 Å². The Bertz CT molecular complexity index is 378. The molecular weight excluding hydrogens is 232 g/mol. The largest absolute Gasteiger partial charge is 1.00 e. The minimum atomic E-state index is -1.14. The Morgan fingerprint density at radius 2 is 2.33 bits per heavy atom. The van der Waals surface area contributed by atoms with E-state index >= 15 is 0 Å². The van der Waals surface area contributed by atoms with Gasteiger partial charge in [-0.2, -0.15) is 0 Å². The zero-order valence-electron chi connectivity index (χ0n) is 6.46.